The van der Waals surface area contributed by atoms with Gasteiger partial charge in [0.25, 0.3) is 0 Å². The maximum Gasteiger partial charge on any atom is 0.234 e. The monoisotopic (exact) mass is 483 g/mol. The second-order valence-corrected chi connectivity index (χ2v) is 10.2. The molecule has 1 fully saturated rings. The zero-order chi connectivity index (χ0) is 24.2. The molecule has 0 bridgehead atoms. The van der Waals surface area contributed by atoms with E-state index in [0.29, 0.717) is 24.8 Å². The molecule has 5 nitrogen and oxygen atoms in total. The Kier molecular flexibility index (Phi) is 6.91. The van der Waals surface area contributed by atoms with Gasteiger partial charge in [0.1, 0.15) is 11.1 Å². The zero-order valence-corrected chi connectivity index (χ0v) is 20.8. The number of thioether (sulfide) groups is 1. The predicted molar refractivity (Wildman–Crippen MR) is 142 cm³/mol. The van der Waals surface area contributed by atoms with Crippen molar-refractivity contribution in [2.75, 3.05) is 12.4 Å². The summed E-state index contributed by atoms with van der Waals surface area (Å²) in [4.78, 5) is 14.9. The van der Waals surface area contributed by atoms with E-state index in [1.165, 1.54) is 0 Å². The summed E-state index contributed by atoms with van der Waals surface area (Å²) in [6.07, 6.45) is 2.07. The van der Waals surface area contributed by atoms with Crippen LogP contribution < -0.4 is 4.74 Å². The van der Waals surface area contributed by atoms with Crippen LogP contribution in [0.5, 0.6) is 5.75 Å². The average Bonchev–Trinajstić information content (AvgIpc) is 3.48. The maximum absolute atomic E-state index is 12.9. The molecule has 1 aromatic heterocycles. The molecule has 0 aliphatic carbocycles. The van der Waals surface area contributed by atoms with Gasteiger partial charge in [-0.15, -0.1) is 11.8 Å². The Morgan fingerprint density at radius 1 is 0.971 bits per heavy atom. The summed E-state index contributed by atoms with van der Waals surface area (Å²) in [5.74, 6) is 1.94. The lowest BCUT2D eigenvalue weighted by Gasteiger charge is -2.24. The van der Waals surface area contributed by atoms with E-state index in [1.807, 2.05) is 70.2 Å². The lowest BCUT2D eigenvalue weighted by molar-refractivity contribution is -0.128. The second-order valence-electron chi connectivity index (χ2n) is 9.11. The average molecular weight is 484 g/mol. The quantitative estimate of drug-likeness (QED) is 0.293. The molecule has 0 saturated carbocycles. The molecule has 0 radical (unpaired) electrons. The fourth-order valence-corrected chi connectivity index (χ4v) is 5.33. The Bertz CT molecular complexity index is 1270. The topological polar surface area (TPSA) is 47.4 Å². The van der Waals surface area contributed by atoms with Crippen LogP contribution in [0.25, 0.3) is 16.9 Å². The number of para-hydroxylation sites is 1. The summed E-state index contributed by atoms with van der Waals surface area (Å²) in [5.41, 5.74) is 5.04. The maximum atomic E-state index is 12.9. The second kappa shape index (κ2) is 10.4. The number of hydrogen-bond donors (Lipinski definition) is 0. The third-order valence-electron chi connectivity index (χ3n) is 5.90. The normalized spacial score (nSPS) is 15.7. The largest absolute Gasteiger partial charge is 0.493 e. The number of carbonyl (C=O) groups is 1. The Hall–Kier alpha value is -3.51. The van der Waals surface area contributed by atoms with Crippen LogP contribution in [0.2, 0.25) is 0 Å². The smallest absolute Gasteiger partial charge is 0.234 e. The predicted octanol–water partition coefficient (Wildman–Crippen LogP) is 6.35. The van der Waals surface area contributed by atoms with Gasteiger partial charge in [-0.05, 0) is 47.9 Å². The first-order valence-corrected chi connectivity index (χ1v) is 13.0. The van der Waals surface area contributed by atoms with Crippen LogP contribution in [0.15, 0.2) is 91.1 Å². The summed E-state index contributed by atoms with van der Waals surface area (Å²) in [5, 5.41) is 4.89. The van der Waals surface area contributed by atoms with Gasteiger partial charge >= 0.3 is 0 Å². The summed E-state index contributed by atoms with van der Waals surface area (Å²) < 4.78 is 7.79. The third-order valence-corrected chi connectivity index (χ3v) is 7.14. The number of ether oxygens (including phenoxy) is 1. The lowest BCUT2D eigenvalue weighted by Crippen LogP contribution is -2.27. The molecule has 3 aromatic carbocycles. The van der Waals surface area contributed by atoms with Gasteiger partial charge in [-0.25, -0.2) is 4.68 Å². The highest BCUT2D eigenvalue weighted by Crippen LogP contribution is 2.43. The molecule has 35 heavy (non-hydrogen) atoms. The highest BCUT2D eigenvalue weighted by Gasteiger charge is 2.35. The van der Waals surface area contributed by atoms with E-state index in [2.05, 4.69) is 44.3 Å². The molecule has 0 N–H and O–H groups in total. The van der Waals surface area contributed by atoms with Crippen molar-refractivity contribution in [1.29, 1.82) is 0 Å². The van der Waals surface area contributed by atoms with Crippen molar-refractivity contribution >= 4 is 17.7 Å². The van der Waals surface area contributed by atoms with Gasteiger partial charge in [0.2, 0.25) is 5.91 Å². The van der Waals surface area contributed by atoms with Crippen molar-refractivity contribution in [2.24, 2.45) is 5.92 Å². The number of nitrogens with zero attached hydrogens (tertiary/aromatic N) is 3. The van der Waals surface area contributed by atoms with E-state index in [-0.39, 0.29) is 11.3 Å². The summed E-state index contributed by atoms with van der Waals surface area (Å²) >= 11 is 1.66. The van der Waals surface area contributed by atoms with Crippen LogP contribution in [0.3, 0.4) is 0 Å². The van der Waals surface area contributed by atoms with E-state index in [4.69, 9.17) is 9.84 Å². The molecule has 6 heteroatoms. The van der Waals surface area contributed by atoms with Crippen molar-refractivity contribution < 1.29 is 9.53 Å². The van der Waals surface area contributed by atoms with Crippen LogP contribution in [-0.2, 0) is 11.3 Å². The first kappa shape index (κ1) is 23.2. The SMILES string of the molecule is CC(C)COc1ccc(-c2nn(-c3ccccc3)cc2[C@@H]2SCC(=O)N2Cc2ccccc2)cc1. The number of benzene rings is 3. The Morgan fingerprint density at radius 2 is 1.66 bits per heavy atom. The number of amides is 1. The van der Waals surface area contributed by atoms with Gasteiger partial charge < -0.3 is 9.64 Å². The third kappa shape index (κ3) is 5.28. The van der Waals surface area contributed by atoms with Gasteiger partial charge in [0.05, 0.1) is 23.7 Å². The molecule has 2 heterocycles. The molecule has 0 unspecified atom stereocenters. The van der Waals surface area contributed by atoms with E-state index in [9.17, 15) is 4.79 Å². The van der Waals surface area contributed by atoms with Crippen molar-refractivity contribution in [1.82, 2.24) is 14.7 Å². The van der Waals surface area contributed by atoms with Crippen molar-refractivity contribution in [3.63, 3.8) is 0 Å². The minimum atomic E-state index is -0.105. The molecule has 1 atom stereocenters. The minimum absolute atomic E-state index is 0.105. The fraction of sp³-hybridized carbons (Fsp3) is 0.241. The number of rotatable bonds is 8. The van der Waals surface area contributed by atoms with Crippen LogP contribution in [0.1, 0.15) is 30.3 Å². The standard InChI is InChI=1S/C29H29N3O2S/c1-21(2)19-34-25-15-13-23(14-16-25)28-26(18-32(30-28)24-11-7-4-8-12-24)29-31(27(33)20-35-29)17-22-9-5-3-6-10-22/h3-16,18,21,29H,17,19-20H2,1-2H3/t29-/m0/s1. The summed E-state index contributed by atoms with van der Waals surface area (Å²) in [6.45, 7) is 5.54. The highest BCUT2D eigenvalue weighted by molar-refractivity contribution is 8.00. The Morgan fingerprint density at radius 3 is 2.34 bits per heavy atom. The summed E-state index contributed by atoms with van der Waals surface area (Å²) in [7, 11) is 0. The van der Waals surface area contributed by atoms with Crippen LogP contribution in [-0.4, -0.2) is 32.9 Å². The Balaban J connectivity index is 1.52. The first-order chi connectivity index (χ1) is 17.1. The lowest BCUT2D eigenvalue weighted by atomic mass is 10.1. The van der Waals surface area contributed by atoms with Crippen molar-refractivity contribution in [3.8, 4) is 22.7 Å². The molecule has 178 valence electrons. The number of aromatic nitrogens is 2. The van der Waals surface area contributed by atoms with Crippen LogP contribution in [0.4, 0.5) is 0 Å². The molecule has 1 saturated heterocycles. The van der Waals surface area contributed by atoms with Gasteiger partial charge in [-0.2, -0.15) is 5.10 Å². The van der Waals surface area contributed by atoms with Gasteiger partial charge in [-0.3, -0.25) is 4.79 Å². The van der Waals surface area contributed by atoms with E-state index in [1.54, 1.807) is 11.8 Å². The first-order valence-electron chi connectivity index (χ1n) is 11.9. The molecular weight excluding hydrogens is 454 g/mol. The molecule has 1 aliphatic rings. The molecular formula is C29H29N3O2S. The minimum Gasteiger partial charge on any atom is -0.493 e. The van der Waals surface area contributed by atoms with Crippen molar-refractivity contribution in [2.45, 2.75) is 25.8 Å². The van der Waals surface area contributed by atoms with E-state index < -0.39 is 0 Å². The van der Waals surface area contributed by atoms with Crippen molar-refractivity contribution in [3.05, 3.63) is 102 Å². The number of carbonyl (C=O) groups excluding carboxylic acids is 1. The van der Waals surface area contributed by atoms with E-state index >= 15 is 0 Å². The molecule has 0 spiro atoms. The van der Waals surface area contributed by atoms with Gasteiger partial charge in [0, 0.05) is 23.9 Å². The molecule has 1 aliphatic heterocycles. The van der Waals surface area contributed by atoms with Crippen LogP contribution in [0, 0.1) is 5.92 Å². The fourth-order valence-electron chi connectivity index (χ4n) is 4.14. The van der Waals surface area contributed by atoms with Crippen LogP contribution >= 0.6 is 11.8 Å². The van der Waals surface area contributed by atoms with Gasteiger partial charge in [0.15, 0.2) is 0 Å². The summed E-state index contributed by atoms with van der Waals surface area (Å²) in [6, 6.07) is 28.4. The molecule has 4 aromatic rings. The van der Waals surface area contributed by atoms with Gasteiger partial charge in [-0.1, -0.05) is 62.4 Å². The Labute approximate surface area is 210 Å². The molecule has 1 amide bonds. The number of hydrogen-bond acceptors (Lipinski definition) is 4. The van der Waals surface area contributed by atoms with E-state index in [0.717, 1.165) is 33.8 Å². The highest BCUT2D eigenvalue weighted by atomic mass is 32.2. The zero-order valence-electron chi connectivity index (χ0n) is 20.0. The molecule has 5 rings (SSSR count).